The summed E-state index contributed by atoms with van der Waals surface area (Å²) < 4.78 is 0. The number of hydrogen-bond donors (Lipinski definition) is 2. The molecule has 31 heavy (non-hydrogen) atoms. The SMILES string of the molecule is CC(C)(C)C#Cc1cc(N(C(=O)c2ccc(Cl)cc2)[C@H]2CC[C@H](O)CC2)c(C(=O)O)s1. The normalized spacial score (nSPS) is 18.7. The summed E-state index contributed by atoms with van der Waals surface area (Å²) in [5.74, 6) is 4.81. The van der Waals surface area contributed by atoms with Crippen molar-refractivity contribution in [2.24, 2.45) is 5.41 Å². The number of halogens is 1. The summed E-state index contributed by atoms with van der Waals surface area (Å²) in [4.78, 5) is 27.9. The molecule has 0 bridgehead atoms. The minimum Gasteiger partial charge on any atom is -0.477 e. The Balaban J connectivity index is 2.08. The summed E-state index contributed by atoms with van der Waals surface area (Å²) in [5.41, 5.74) is 0.559. The molecule has 1 saturated carbocycles. The number of carbonyl (C=O) groups excluding carboxylic acids is 1. The minimum absolute atomic E-state index is 0.0895. The smallest absolute Gasteiger partial charge is 0.348 e. The van der Waals surface area contributed by atoms with Crippen LogP contribution in [0.25, 0.3) is 0 Å². The fourth-order valence-corrected chi connectivity index (χ4v) is 4.51. The summed E-state index contributed by atoms with van der Waals surface area (Å²) in [6, 6.07) is 8.06. The van der Waals surface area contributed by atoms with Gasteiger partial charge in [0.2, 0.25) is 0 Å². The van der Waals surface area contributed by atoms with E-state index in [1.807, 2.05) is 20.8 Å². The summed E-state index contributed by atoms with van der Waals surface area (Å²) in [6.07, 6.45) is 1.94. The zero-order chi connectivity index (χ0) is 22.8. The van der Waals surface area contributed by atoms with E-state index in [0.717, 1.165) is 11.3 Å². The molecule has 1 aromatic heterocycles. The molecule has 1 aliphatic carbocycles. The van der Waals surface area contributed by atoms with Crippen molar-refractivity contribution < 1.29 is 19.8 Å². The molecule has 1 heterocycles. The molecular formula is C24H26ClNO4S. The molecule has 0 unspecified atom stereocenters. The van der Waals surface area contributed by atoms with E-state index < -0.39 is 12.1 Å². The van der Waals surface area contributed by atoms with Gasteiger partial charge >= 0.3 is 5.97 Å². The molecule has 3 rings (SSSR count). The van der Waals surface area contributed by atoms with Gasteiger partial charge in [-0.1, -0.05) is 23.4 Å². The Morgan fingerprint density at radius 2 is 1.74 bits per heavy atom. The van der Waals surface area contributed by atoms with E-state index in [-0.39, 0.29) is 22.2 Å². The zero-order valence-electron chi connectivity index (χ0n) is 17.8. The van der Waals surface area contributed by atoms with Crippen molar-refractivity contribution in [1.82, 2.24) is 0 Å². The van der Waals surface area contributed by atoms with Crippen molar-refractivity contribution >= 4 is 40.5 Å². The molecule has 164 valence electrons. The number of nitrogens with zero attached hydrogens (tertiary/aromatic N) is 1. The van der Waals surface area contributed by atoms with Crippen LogP contribution < -0.4 is 4.90 Å². The number of amides is 1. The van der Waals surface area contributed by atoms with Crippen molar-refractivity contribution in [3.8, 4) is 11.8 Å². The maximum Gasteiger partial charge on any atom is 0.348 e. The summed E-state index contributed by atoms with van der Waals surface area (Å²) in [6.45, 7) is 5.95. The van der Waals surface area contributed by atoms with Gasteiger partial charge in [-0.25, -0.2) is 4.79 Å². The molecule has 2 N–H and O–H groups in total. The van der Waals surface area contributed by atoms with Crippen LogP contribution in [-0.2, 0) is 0 Å². The summed E-state index contributed by atoms with van der Waals surface area (Å²) >= 11 is 7.05. The molecule has 0 saturated heterocycles. The number of thiophene rings is 1. The van der Waals surface area contributed by atoms with Crippen LogP contribution >= 0.6 is 22.9 Å². The Bertz CT molecular complexity index is 1020. The first-order chi connectivity index (χ1) is 14.5. The number of carboxylic acids is 1. The highest BCUT2D eigenvalue weighted by Gasteiger charge is 2.33. The van der Waals surface area contributed by atoms with Crippen LogP contribution in [0.2, 0.25) is 5.02 Å². The van der Waals surface area contributed by atoms with Gasteiger partial charge in [-0.2, -0.15) is 0 Å². The lowest BCUT2D eigenvalue weighted by atomic mass is 9.91. The van der Waals surface area contributed by atoms with Crippen molar-refractivity contribution in [3.63, 3.8) is 0 Å². The third-order valence-corrected chi connectivity index (χ3v) is 6.35. The molecule has 2 aromatic rings. The van der Waals surface area contributed by atoms with Gasteiger partial charge in [0.15, 0.2) is 0 Å². The third kappa shape index (κ3) is 5.88. The zero-order valence-corrected chi connectivity index (χ0v) is 19.4. The quantitative estimate of drug-likeness (QED) is 0.596. The highest BCUT2D eigenvalue weighted by molar-refractivity contribution is 7.15. The number of aromatic carboxylic acids is 1. The lowest BCUT2D eigenvalue weighted by Gasteiger charge is -2.35. The first kappa shape index (κ1) is 23.3. The van der Waals surface area contributed by atoms with Gasteiger partial charge in [-0.3, -0.25) is 4.79 Å². The van der Waals surface area contributed by atoms with Gasteiger partial charge in [0.25, 0.3) is 5.91 Å². The Morgan fingerprint density at radius 3 is 2.29 bits per heavy atom. The number of rotatable bonds is 4. The van der Waals surface area contributed by atoms with Gasteiger partial charge < -0.3 is 15.1 Å². The fraction of sp³-hybridized carbons (Fsp3) is 0.417. The molecule has 0 aliphatic heterocycles. The van der Waals surface area contributed by atoms with Crippen molar-refractivity contribution in [2.45, 2.75) is 58.6 Å². The van der Waals surface area contributed by atoms with E-state index >= 15 is 0 Å². The number of anilines is 1. The molecule has 7 heteroatoms. The predicted octanol–water partition coefficient (Wildman–Crippen LogP) is 5.45. The summed E-state index contributed by atoms with van der Waals surface area (Å²) in [7, 11) is 0. The van der Waals surface area contributed by atoms with E-state index in [1.165, 1.54) is 0 Å². The maximum absolute atomic E-state index is 13.5. The number of carbonyl (C=O) groups is 2. The molecule has 1 aromatic carbocycles. The number of carboxylic acid groups (broad SMARTS) is 1. The Labute approximate surface area is 191 Å². The van der Waals surface area contributed by atoms with Crippen molar-refractivity contribution in [1.29, 1.82) is 0 Å². The molecule has 0 spiro atoms. The molecule has 1 amide bonds. The van der Waals surface area contributed by atoms with Crippen molar-refractivity contribution in [3.05, 3.63) is 50.7 Å². The fourth-order valence-electron chi connectivity index (χ4n) is 3.54. The highest BCUT2D eigenvalue weighted by atomic mass is 35.5. The Hall–Kier alpha value is -2.33. The lowest BCUT2D eigenvalue weighted by molar-refractivity contribution is 0.0702. The first-order valence-electron chi connectivity index (χ1n) is 10.2. The van der Waals surface area contributed by atoms with Gasteiger partial charge in [0, 0.05) is 22.0 Å². The van der Waals surface area contributed by atoms with Gasteiger partial charge in [0.05, 0.1) is 16.7 Å². The number of aliphatic hydroxyl groups excluding tert-OH is 1. The Kier molecular flexibility index (Phi) is 7.10. The van der Waals surface area contributed by atoms with E-state index in [1.54, 1.807) is 35.2 Å². The number of benzene rings is 1. The Morgan fingerprint density at radius 1 is 1.13 bits per heavy atom. The number of aliphatic hydroxyl groups is 1. The maximum atomic E-state index is 13.5. The highest BCUT2D eigenvalue weighted by Crippen LogP contribution is 2.36. The molecular weight excluding hydrogens is 434 g/mol. The van der Waals surface area contributed by atoms with E-state index in [2.05, 4.69) is 11.8 Å². The average molecular weight is 460 g/mol. The minimum atomic E-state index is -1.09. The molecule has 5 nitrogen and oxygen atoms in total. The second kappa shape index (κ2) is 9.44. The van der Waals surface area contributed by atoms with Crippen LogP contribution in [0.5, 0.6) is 0 Å². The third-order valence-electron chi connectivity index (χ3n) is 5.07. The second-order valence-electron chi connectivity index (χ2n) is 8.77. The monoisotopic (exact) mass is 459 g/mol. The number of hydrogen-bond acceptors (Lipinski definition) is 4. The first-order valence-corrected chi connectivity index (χ1v) is 11.4. The van der Waals surface area contributed by atoms with Gasteiger partial charge in [-0.15, -0.1) is 11.3 Å². The van der Waals surface area contributed by atoms with Crippen LogP contribution in [0, 0.1) is 17.3 Å². The standard InChI is InChI=1S/C24H26ClNO4S/c1-24(2,3)13-12-19-14-20(21(31-19)23(29)30)26(17-8-10-18(27)11-9-17)22(28)15-4-6-16(25)7-5-15/h4-7,14,17-18,27H,8-11H2,1-3H3,(H,29,30)/t17-,18-. The summed E-state index contributed by atoms with van der Waals surface area (Å²) in [5, 5.41) is 20.3. The van der Waals surface area contributed by atoms with Crippen molar-refractivity contribution in [2.75, 3.05) is 4.90 Å². The lowest BCUT2D eigenvalue weighted by Crippen LogP contribution is -2.43. The average Bonchev–Trinajstić information content (AvgIpc) is 3.12. The predicted molar refractivity (Wildman–Crippen MR) is 124 cm³/mol. The topological polar surface area (TPSA) is 77.8 Å². The van der Waals surface area contributed by atoms with Gasteiger partial charge in [-0.05, 0) is 76.8 Å². The molecule has 0 radical (unpaired) electrons. The molecule has 0 atom stereocenters. The van der Waals surface area contributed by atoms with E-state index in [0.29, 0.717) is 46.8 Å². The van der Waals surface area contributed by atoms with E-state index in [4.69, 9.17) is 11.6 Å². The van der Waals surface area contributed by atoms with Gasteiger partial charge in [0.1, 0.15) is 4.88 Å². The van der Waals surface area contributed by atoms with Crippen LogP contribution in [0.15, 0.2) is 30.3 Å². The molecule has 1 fully saturated rings. The van der Waals surface area contributed by atoms with Crippen LogP contribution in [0.4, 0.5) is 5.69 Å². The van der Waals surface area contributed by atoms with Crippen LogP contribution in [-0.4, -0.2) is 34.2 Å². The molecule has 1 aliphatic rings. The van der Waals surface area contributed by atoms with Crippen LogP contribution in [0.1, 0.15) is 71.4 Å². The second-order valence-corrected chi connectivity index (χ2v) is 10.3. The van der Waals surface area contributed by atoms with E-state index in [9.17, 15) is 19.8 Å². The largest absolute Gasteiger partial charge is 0.477 e. The van der Waals surface area contributed by atoms with Crippen LogP contribution in [0.3, 0.4) is 0 Å².